The van der Waals surface area contributed by atoms with Crippen LogP contribution in [-0.4, -0.2) is 61.6 Å². The van der Waals surface area contributed by atoms with Crippen molar-refractivity contribution in [3.63, 3.8) is 0 Å². The van der Waals surface area contributed by atoms with Crippen LogP contribution in [-0.2, 0) is 5.54 Å². The number of carbonyl (C=O) groups excluding carboxylic acids is 1. The number of benzene rings is 1. The Morgan fingerprint density at radius 1 is 1.24 bits per heavy atom. The van der Waals surface area contributed by atoms with Crippen molar-refractivity contribution >= 4 is 29.2 Å². The van der Waals surface area contributed by atoms with Gasteiger partial charge in [0.15, 0.2) is 0 Å². The molecule has 5 nitrogen and oxygen atoms in total. The fourth-order valence-electron chi connectivity index (χ4n) is 4.98. The summed E-state index contributed by atoms with van der Waals surface area (Å²) >= 11 is 13.2. The maximum absolute atomic E-state index is 12.2. The van der Waals surface area contributed by atoms with Crippen molar-refractivity contribution in [3.05, 3.63) is 33.8 Å². The highest BCUT2D eigenvalue weighted by Gasteiger charge is 2.46. The van der Waals surface area contributed by atoms with Crippen LogP contribution in [0, 0.1) is 5.92 Å². The van der Waals surface area contributed by atoms with Crippen molar-refractivity contribution in [2.24, 2.45) is 5.92 Å². The van der Waals surface area contributed by atoms with E-state index >= 15 is 0 Å². The molecule has 1 saturated carbocycles. The molecule has 0 radical (unpaired) electrons. The first-order valence-corrected chi connectivity index (χ1v) is 11.3. The molecule has 1 aliphatic heterocycles. The van der Waals surface area contributed by atoms with Gasteiger partial charge in [0, 0.05) is 51.4 Å². The Hall–Kier alpha value is -1.01. The first kappa shape index (κ1) is 22.7. The van der Waals surface area contributed by atoms with Crippen molar-refractivity contribution in [2.75, 3.05) is 40.3 Å². The minimum absolute atomic E-state index is 0.0197. The number of nitrogens with zero attached hydrogens (tertiary/aromatic N) is 2. The summed E-state index contributed by atoms with van der Waals surface area (Å²) in [6.45, 7) is 8.45. The highest BCUT2D eigenvalue weighted by atomic mass is 35.5. The minimum atomic E-state index is -0.184. The summed E-state index contributed by atoms with van der Waals surface area (Å²) in [6.07, 6.45) is 3.98. The van der Waals surface area contributed by atoms with Crippen molar-refractivity contribution < 1.29 is 4.79 Å². The van der Waals surface area contributed by atoms with Gasteiger partial charge in [0.1, 0.15) is 0 Å². The van der Waals surface area contributed by atoms with Crippen LogP contribution >= 0.6 is 23.2 Å². The third-order valence-electron chi connectivity index (χ3n) is 6.97. The fraction of sp³-hybridized carbons (Fsp3) is 0.682. The molecule has 3 rings (SSSR count). The van der Waals surface area contributed by atoms with Crippen LogP contribution in [0.15, 0.2) is 18.2 Å². The number of halogens is 2. The fourth-order valence-corrected chi connectivity index (χ4v) is 5.48. The van der Waals surface area contributed by atoms with Crippen molar-refractivity contribution in [1.82, 2.24) is 20.4 Å². The normalized spacial score (nSPS) is 27.9. The average molecular weight is 441 g/mol. The largest absolute Gasteiger partial charge is 0.333 e. The Balaban J connectivity index is 1.86. The summed E-state index contributed by atoms with van der Waals surface area (Å²) in [4.78, 5) is 16.4. The summed E-state index contributed by atoms with van der Waals surface area (Å²) in [6, 6.07) is 5.99. The summed E-state index contributed by atoms with van der Waals surface area (Å²) in [5, 5.41) is 7.97. The lowest BCUT2D eigenvalue weighted by Gasteiger charge is -2.52. The third kappa shape index (κ3) is 4.68. The van der Waals surface area contributed by atoms with E-state index in [1.54, 1.807) is 19.0 Å². The second-order valence-electron chi connectivity index (χ2n) is 9.15. The molecule has 1 aromatic rings. The summed E-state index contributed by atoms with van der Waals surface area (Å²) in [7, 11) is 3.57. The zero-order valence-corrected chi connectivity index (χ0v) is 19.5. The lowest BCUT2D eigenvalue weighted by atomic mass is 9.67. The average Bonchev–Trinajstić information content (AvgIpc) is 2.70. The van der Waals surface area contributed by atoms with Crippen molar-refractivity contribution in [2.45, 2.75) is 50.6 Å². The Labute approximate surface area is 185 Å². The van der Waals surface area contributed by atoms with Gasteiger partial charge in [-0.05, 0) is 57.1 Å². The van der Waals surface area contributed by atoms with Gasteiger partial charge in [-0.1, -0.05) is 35.3 Å². The molecule has 1 atom stereocenters. The Bertz CT molecular complexity index is 728. The predicted octanol–water partition coefficient (Wildman–Crippen LogP) is 4.33. The Morgan fingerprint density at radius 2 is 1.86 bits per heavy atom. The van der Waals surface area contributed by atoms with Gasteiger partial charge in [-0.3, -0.25) is 4.90 Å². The van der Waals surface area contributed by atoms with Gasteiger partial charge in [0.25, 0.3) is 0 Å². The quantitative estimate of drug-likeness (QED) is 0.731. The summed E-state index contributed by atoms with van der Waals surface area (Å²) in [5.41, 5.74) is 0.775. The van der Waals surface area contributed by atoms with E-state index in [0.29, 0.717) is 16.0 Å². The number of amides is 2. The second-order valence-corrected chi connectivity index (χ2v) is 9.93. The first-order valence-electron chi connectivity index (χ1n) is 10.6. The smallest absolute Gasteiger partial charge is 0.317 e. The second kappa shape index (κ2) is 9.01. The lowest BCUT2D eigenvalue weighted by molar-refractivity contribution is 0.00510. The first-order chi connectivity index (χ1) is 13.7. The molecule has 2 amide bonds. The molecule has 1 aromatic carbocycles. The molecule has 7 heteroatoms. The van der Waals surface area contributed by atoms with E-state index in [0.717, 1.165) is 57.4 Å². The highest BCUT2D eigenvalue weighted by Crippen LogP contribution is 2.48. The van der Waals surface area contributed by atoms with E-state index in [1.807, 2.05) is 12.1 Å². The maximum atomic E-state index is 12.2. The number of rotatable bonds is 4. The van der Waals surface area contributed by atoms with Crippen LogP contribution in [0.4, 0.5) is 4.79 Å². The van der Waals surface area contributed by atoms with Gasteiger partial charge < -0.3 is 15.5 Å². The van der Waals surface area contributed by atoms with Gasteiger partial charge in [-0.2, -0.15) is 0 Å². The third-order valence-corrected chi connectivity index (χ3v) is 7.79. The zero-order valence-electron chi connectivity index (χ0n) is 18.0. The predicted molar refractivity (Wildman–Crippen MR) is 121 cm³/mol. The molecule has 2 aliphatic rings. The van der Waals surface area contributed by atoms with E-state index in [4.69, 9.17) is 23.2 Å². The SMILES string of the molecule is CN(C)C(=O)NC1(C)CCC(C(C)(c2cccc(Cl)c2Cl)N2CCNCC2)CC1. The van der Waals surface area contributed by atoms with E-state index in [9.17, 15) is 4.79 Å². The summed E-state index contributed by atoms with van der Waals surface area (Å²) in [5.74, 6) is 0.445. The molecule has 1 saturated heterocycles. The van der Waals surface area contributed by atoms with Gasteiger partial charge in [0.2, 0.25) is 0 Å². The number of hydrogen-bond donors (Lipinski definition) is 2. The van der Waals surface area contributed by atoms with Crippen molar-refractivity contribution in [3.8, 4) is 0 Å². The standard InChI is InChI=1S/C22H34Cl2N4O/c1-21(26-20(29)27(3)4)10-8-16(9-11-21)22(2,28-14-12-25-13-15-28)17-6-5-7-18(23)19(17)24/h5-7,16,25H,8-15H2,1-4H3,(H,26,29). The van der Waals surface area contributed by atoms with Gasteiger partial charge in [-0.25, -0.2) is 4.79 Å². The summed E-state index contributed by atoms with van der Waals surface area (Å²) < 4.78 is 0. The van der Waals surface area contributed by atoms with E-state index in [-0.39, 0.29) is 17.1 Å². The maximum Gasteiger partial charge on any atom is 0.317 e. The van der Waals surface area contributed by atoms with E-state index in [1.165, 1.54) is 0 Å². The Morgan fingerprint density at radius 3 is 2.45 bits per heavy atom. The lowest BCUT2D eigenvalue weighted by Crippen LogP contribution is -2.58. The molecule has 1 heterocycles. The van der Waals surface area contributed by atoms with Gasteiger partial charge in [0.05, 0.1) is 10.0 Å². The highest BCUT2D eigenvalue weighted by molar-refractivity contribution is 6.42. The van der Waals surface area contributed by atoms with Crippen LogP contribution < -0.4 is 10.6 Å². The van der Waals surface area contributed by atoms with E-state index in [2.05, 4.69) is 35.4 Å². The molecule has 0 spiro atoms. The van der Waals surface area contributed by atoms with Crippen LogP contribution in [0.5, 0.6) is 0 Å². The molecule has 2 fully saturated rings. The van der Waals surface area contributed by atoms with Crippen LogP contribution in [0.3, 0.4) is 0 Å². The molecule has 29 heavy (non-hydrogen) atoms. The van der Waals surface area contributed by atoms with E-state index < -0.39 is 0 Å². The number of carbonyl (C=O) groups is 1. The van der Waals surface area contributed by atoms with Crippen LogP contribution in [0.25, 0.3) is 0 Å². The number of urea groups is 1. The number of hydrogen-bond acceptors (Lipinski definition) is 3. The molecule has 162 valence electrons. The number of piperazine rings is 1. The van der Waals surface area contributed by atoms with Crippen molar-refractivity contribution in [1.29, 1.82) is 0 Å². The molecular weight excluding hydrogens is 407 g/mol. The molecule has 1 unspecified atom stereocenters. The Kier molecular flexibility index (Phi) is 7.04. The van der Waals surface area contributed by atoms with Crippen LogP contribution in [0.1, 0.15) is 45.1 Å². The van der Waals surface area contributed by atoms with Gasteiger partial charge >= 0.3 is 6.03 Å². The molecule has 1 aliphatic carbocycles. The zero-order chi connectivity index (χ0) is 21.2. The number of nitrogens with one attached hydrogen (secondary N) is 2. The molecule has 2 N–H and O–H groups in total. The van der Waals surface area contributed by atoms with Gasteiger partial charge in [-0.15, -0.1) is 0 Å². The molecule has 0 aromatic heterocycles. The topological polar surface area (TPSA) is 47.6 Å². The minimum Gasteiger partial charge on any atom is -0.333 e. The monoisotopic (exact) mass is 440 g/mol. The molecular formula is C22H34Cl2N4O. The van der Waals surface area contributed by atoms with Crippen LogP contribution in [0.2, 0.25) is 10.0 Å². The molecule has 0 bridgehead atoms.